The van der Waals surface area contributed by atoms with E-state index in [0.717, 1.165) is 19.3 Å². The van der Waals surface area contributed by atoms with Gasteiger partial charge in [0.25, 0.3) is 5.16 Å². The highest BCUT2D eigenvalue weighted by Gasteiger charge is 2.53. The van der Waals surface area contributed by atoms with E-state index >= 15 is 0 Å². The average molecular weight is 273 g/mol. The highest BCUT2D eigenvalue weighted by Crippen LogP contribution is 2.32. The monoisotopic (exact) mass is 272 g/mol. The third kappa shape index (κ3) is 2.30. The lowest BCUT2D eigenvalue weighted by atomic mass is 10.2. The van der Waals surface area contributed by atoms with Crippen molar-refractivity contribution >= 4 is 23.5 Å². The van der Waals surface area contributed by atoms with Gasteiger partial charge in [-0.2, -0.15) is 9.79 Å². The quantitative estimate of drug-likeness (QED) is 0.545. The molecule has 1 atom stereocenters. The number of halogens is 1. The second-order valence-corrected chi connectivity index (χ2v) is 5.90. The highest BCUT2D eigenvalue weighted by atomic mass is 35.5. The fourth-order valence-corrected chi connectivity index (χ4v) is 2.34. The van der Waals surface area contributed by atoms with Crippen LogP contribution in [0.1, 0.15) is 40.0 Å². The minimum atomic E-state index is -0.553. The molecule has 0 spiro atoms. The first kappa shape index (κ1) is 13.5. The Morgan fingerprint density at radius 3 is 2.89 bits per heavy atom. The SMILES string of the molecule is CC(C)(C)OC(=O)[N+]12NCCCCC1=NC=C2Cl. The summed E-state index contributed by atoms with van der Waals surface area (Å²) in [6.45, 7) is 6.23. The molecule has 18 heavy (non-hydrogen) atoms. The lowest BCUT2D eigenvalue weighted by molar-refractivity contribution is -0.768. The van der Waals surface area contributed by atoms with Crippen LogP contribution < -0.4 is 5.43 Å². The molecule has 0 bridgehead atoms. The largest absolute Gasteiger partial charge is 0.549 e. The molecule has 100 valence electrons. The Kier molecular flexibility index (Phi) is 3.49. The number of nitrogens with one attached hydrogen (secondary N) is 1. The Morgan fingerprint density at radius 1 is 1.50 bits per heavy atom. The Bertz CT molecular complexity index is 426. The van der Waals surface area contributed by atoms with Gasteiger partial charge in [0.2, 0.25) is 5.84 Å². The van der Waals surface area contributed by atoms with E-state index in [-0.39, 0.29) is 4.59 Å². The van der Waals surface area contributed by atoms with Crippen LogP contribution in [0.25, 0.3) is 0 Å². The normalized spacial score (nSPS) is 28.0. The van der Waals surface area contributed by atoms with Gasteiger partial charge in [-0.1, -0.05) is 4.59 Å². The molecular formula is C12H19ClN3O2+. The van der Waals surface area contributed by atoms with Crippen LogP contribution in [0.5, 0.6) is 0 Å². The summed E-state index contributed by atoms with van der Waals surface area (Å²) in [5.41, 5.74) is 2.61. The van der Waals surface area contributed by atoms with Crippen LogP contribution in [0.4, 0.5) is 4.79 Å². The van der Waals surface area contributed by atoms with Crippen LogP contribution in [0.3, 0.4) is 0 Å². The number of rotatable bonds is 0. The third-order valence-electron chi connectivity index (χ3n) is 2.87. The molecule has 0 aromatic carbocycles. The first-order chi connectivity index (χ1) is 8.36. The summed E-state index contributed by atoms with van der Waals surface area (Å²) >= 11 is 6.19. The molecule has 2 heterocycles. The molecule has 2 rings (SSSR count). The van der Waals surface area contributed by atoms with Crippen molar-refractivity contribution in [3.8, 4) is 0 Å². The van der Waals surface area contributed by atoms with Crippen molar-refractivity contribution in [3.05, 3.63) is 11.4 Å². The summed E-state index contributed by atoms with van der Waals surface area (Å²) in [5.74, 6) is 0.715. The number of quaternary nitrogens is 1. The summed E-state index contributed by atoms with van der Waals surface area (Å²) < 4.78 is 5.21. The number of nitrogens with zero attached hydrogens (tertiary/aromatic N) is 2. The summed E-state index contributed by atoms with van der Waals surface area (Å²) in [5, 5.41) is 0.348. The van der Waals surface area contributed by atoms with Crippen molar-refractivity contribution < 1.29 is 14.1 Å². The molecular weight excluding hydrogens is 254 g/mol. The van der Waals surface area contributed by atoms with Crippen molar-refractivity contribution in [1.29, 1.82) is 0 Å². The van der Waals surface area contributed by atoms with Crippen LogP contribution in [-0.4, -0.2) is 28.7 Å². The van der Waals surface area contributed by atoms with Gasteiger partial charge < -0.3 is 4.74 Å². The fourth-order valence-electron chi connectivity index (χ4n) is 2.07. The number of fused-ring (bicyclic) bond motifs is 1. The number of hydrogen-bond acceptors (Lipinski definition) is 4. The molecule has 0 radical (unpaired) electrons. The van der Waals surface area contributed by atoms with Gasteiger partial charge in [0.1, 0.15) is 11.8 Å². The fraction of sp³-hybridized carbons (Fsp3) is 0.667. The minimum Gasteiger partial charge on any atom is -0.412 e. The Hall–Kier alpha value is -0.910. The van der Waals surface area contributed by atoms with Crippen LogP contribution >= 0.6 is 11.6 Å². The molecule has 2 aliphatic heterocycles. The van der Waals surface area contributed by atoms with Crippen molar-refractivity contribution in [2.24, 2.45) is 4.99 Å². The van der Waals surface area contributed by atoms with E-state index in [1.165, 1.54) is 6.20 Å². The van der Waals surface area contributed by atoms with E-state index in [0.29, 0.717) is 17.5 Å². The second-order valence-electron chi connectivity index (χ2n) is 5.51. The van der Waals surface area contributed by atoms with Gasteiger partial charge in [-0.3, -0.25) is 0 Å². The van der Waals surface area contributed by atoms with Gasteiger partial charge in [-0.15, -0.1) is 5.43 Å². The van der Waals surface area contributed by atoms with E-state index in [9.17, 15) is 4.79 Å². The van der Waals surface area contributed by atoms with E-state index in [4.69, 9.17) is 16.3 Å². The molecule has 1 saturated heterocycles. The summed E-state index contributed by atoms with van der Waals surface area (Å²) in [4.78, 5) is 16.7. The number of hydrogen-bond donors (Lipinski definition) is 1. The summed E-state index contributed by atoms with van der Waals surface area (Å²) in [6, 6.07) is 0. The first-order valence-electron chi connectivity index (χ1n) is 6.17. The van der Waals surface area contributed by atoms with E-state index in [1.807, 2.05) is 20.8 Å². The highest BCUT2D eigenvalue weighted by molar-refractivity contribution is 6.30. The van der Waals surface area contributed by atoms with Crippen LogP contribution in [0, 0.1) is 0 Å². The zero-order chi connectivity index (χ0) is 13.4. The zero-order valence-electron chi connectivity index (χ0n) is 11.0. The second kappa shape index (κ2) is 4.64. The van der Waals surface area contributed by atoms with E-state index in [2.05, 4.69) is 10.4 Å². The van der Waals surface area contributed by atoms with E-state index in [1.54, 1.807) is 0 Å². The van der Waals surface area contributed by atoms with Gasteiger partial charge in [-0.05, 0) is 45.2 Å². The molecule has 0 aliphatic carbocycles. The van der Waals surface area contributed by atoms with Gasteiger partial charge in [0.15, 0.2) is 0 Å². The lowest BCUT2D eigenvalue weighted by Crippen LogP contribution is -2.62. The van der Waals surface area contributed by atoms with Crippen molar-refractivity contribution in [1.82, 2.24) is 5.43 Å². The molecule has 0 saturated carbocycles. The van der Waals surface area contributed by atoms with Crippen LogP contribution in [-0.2, 0) is 4.74 Å². The van der Waals surface area contributed by atoms with Crippen molar-refractivity contribution in [2.45, 2.75) is 45.6 Å². The van der Waals surface area contributed by atoms with Gasteiger partial charge in [-0.25, -0.2) is 0 Å². The summed E-state index contributed by atoms with van der Waals surface area (Å²) in [6.07, 6.45) is 3.85. The molecule has 0 aromatic rings. The third-order valence-corrected chi connectivity index (χ3v) is 3.22. The molecule has 5 nitrogen and oxygen atoms in total. The maximum Gasteiger partial charge on any atom is 0.549 e. The maximum absolute atomic E-state index is 12.5. The smallest absolute Gasteiger partial charge is 0.412 e. The Labute approximate surface area is 112 Å². The summed E-state index contributed by atoms with van der Waals surface area (Å²) in [7, 11) is 0. The molecule has 1 amide bonds. The number of aliphatic imine (C=N–C) groups is 1. The van der Waals surface area contributed by atoms with Gasteiger partial charge in [0, 0.05) is 13.0 Å². The minimum absolute atomic E-state index is 0.265. The molecule has 1 fully saturated rings. The van der Waals surface area contributed by atoms with Gasteiger partial charge >= 0.3 is 6.09 Å². The zero-order valence-corrected chi connectivity index (χ0v) is 11.8. The number of carbonyl (C=O) groups excluding carboxylic acids is 1. The molecule has 1 unspecified atom stereocenters. The lowest BCUT2D eigenvalue weighted by Gasteiger charge is -2.31. The van der Waals surface area contributed by atoms with Crippen LogP contribution in [0.15, 0.2) is 16.3 Å². The Morgan fingerprint density at radius 2 is 2.22 bits per heavy atom. The molecule has 1 N–H and O–H groups in total. The number of amidine groups is 1. The number of amides is 1. The number of ether oxygens (including phenoxy) is 1. The molecule has 2 aliphatic rings. The van der Waals surface area contributed by atoms with Crippen molar-refractivity contribution in [3.63, 3.8) is 0 Å². The Balaban J connectivity index is 2.32. The molecule has 6 heteroatoms. The van der Waals surface area contributed by atoms with Gasteiger partial charge in [0.05, 0.1) is 0 Å². The van der Waals surface area contributed by atoms with E-state index < -0.39 is 11.7 Å². The topological polar surface area (TPSA) is 50.7 Å². The average Bonchev–Trinajstić information content (AvgIpc) is 2.47. The predicted octanol–water partition coefficient (Wildman–Crippen LogP) is 2.88. The van der Waals surface area contributed by atoms with Crippen molar-refractivity contribution in [2.75, 3.05) is 6.54 Å². The maximum atomic E-state index is 12.5. The molecule has 0 aromatic heterocycles. The first-order valence-corrected chi connectivity index (χ1v) is 6.55. The predicted molar refractivity (Wildman–Crippen MR) is 69.7 cm³/mol. The standard InChI is InChI=1S/C12H19ClN3O2/c1-12(2,3)18-11(17)16-9(13)8-14-10(16)6-4-5-7-15-16/h8,15H,4-7H2,1-3H3/q+1. The number of carbonyl (C=O) groups is 1. The van der Waals surface area contributed by atoms with Crippen LogP contribution in [0.2, 0.25) is 0 Å².